The fourth-order valence-electron chi connectivity index (χ4n) is 1.65. The molecular weight excluding hydrogens is 134 g/mol. The minimum atomic E-state index is 0. The number of nitrogens with two attached hydrogens (primary N) is 1. The van der Waals surface area contributed by atoms with Gasteiger partial charge in [0.1, 0.15) is 0 Å². The van der Waals surface area contributed by atoms with E-state index in [1.54, 1.807) is 0 Å². The second-order valence-electron chi connectivity index (χ2n) is 3.25. The van der Waals surface area contributed by atoms with Crippen molar-refractivity contribution < 1.29 is 0 Å². The summed E-state index contributed by atoms with van der Waals surface area (Å²) in [5.74, 6) is 1.99. The summed E-state index contributed by atoms with van der Waals surface area (Å²) >= 11 is 0. The maximum atomic E-state index is 5.68. The Morgan fingerprint density at radius 1 is 1.22 bits per heavy atom. The van der Waals surface area contributed by atoms with Crippen LogP contribution in [0.5, 0.6) is 0 Å². The highest BCUT2D eigenvalue weighted by molar-refractivity contribution is 5.85. The molecule has 2 rings (SSSR count). The topological polar surface area (TPSA) is 26.0 Å². The van der Waals surface area contributed by atoms with Crippen LogP contribution in [0.25, 0.3) is 0 Å². The summed E-state index contributed by atoms with van der Waals surface area (Å²) in [5.41, 5.74) is 5.68. The molecule has 2 N–H and O–H groups in total. The van der Waals surface area contributed by atoms with Crippen LogP contribution in [0.15, 0.2) is 0 Å². The molecule has 0 radical (unpaired) electrons. The van der Waals surface area contributed by atoms with E-state index in [-0.39, 0.29) is 12.4 Å². The van der Waals surface area contributed by atoms with Crippen LogP contribution >= 0.6 is 12.4 Å². The van der Waals surface area contributed by atoms with Crippen molar-refractivity contribution in [1.29, 1.82) is 0 Å². The summed E-state index contributed by atoms with van der Waals surface area (Å²) in [5, 5.41) is 0. The van der Waals surface area contributed by atoms with Crippen molar-refractivity contribution in [2.75, 3.05) is 0 Å². The maximum Gasteiger partial charge on any atom is 0.00737 e. The van der Waals surface area contributed by atoms with Gasteiger partial charge in [0.2, 0.25) is 0 Å². The van der Waals surface area contributed by atoms with E-state index in [0.717, 1.165) is 11.8 Å². The predicted octanol–water partition coefficient (Wildman–Crippen LogP) is 1.56. The molecule has 0 amide bonds. The lowest BCUT2D eigenvalue weighted by atomic mass is 9.81. The molecule has 0 unspecified atom stereocenters. The number of rotatable bonds is 1. The average molecular weight is 148 g/mol. The molecule has 0 spiro atoms. The van der Waals surface area contributed by atoms with Crippen LogP contribution in [-0.4, -0.2) is 6.04 Å². The van der Waals surface area contributed by atoms with Gasteiger partial charge in [-0.15, -0.1) is 12.4 Å². The Morgan fingerprint density at radius 2 is 1.78 bits per heavy atom. The molecule has 0 heterocycles. The van der Waals surface area contributed by atoms with Crippen molar-refractivity contribution in [1.82, 2.24) is 0 Å². The Labute approximate surface area is 62.4 Å². The van der Waals surface area contributed by atoms with E-state index in [4.69, 9.17) is 5.73 Å². The molecule has 1 nitrogen and oxygen atoms in total. The molecular formula is C7H14ClN. The van der Waals surface area contributed by atoms with E-state index in [0.29, 0.717) is 6.04 Å². The largest absolute Gasteiger partial charge is 0.327 e. The van der Waals surface area contributed by atoms with Gasteiger partial charge in [0.05, 0.1) is 0 Å². The fraction of sp³-hybridized carbons (Fsp3) is 1.00. The molecule has 2 heteroatoms. The second kappa shape index (κ2) is 2.47. The average Bonchev–Trinajstić information content (AvgIpc) is 2.13. The third kappa shape index (κ3) is 1.22. The predicted molar refractivity (Wildman–Crippen MR) is 40.7 cm³/mol. The second-order valence-corrected chi connectivity index (χ2v) is 3.25. The molecule has 2 saturated carbocycles. The van der Waals surface area contributed by atoms with E-state index in [9.17, 15) is 0 Å². The highest BCUT2D eigenvalue weighted by Crippen LogP contribution is 2.45. The van der Waals surface area contributed by atoms with Gasteiger partial charge in [0.15, 0.2) is 0 Å². The van der Waals surface area contributed by atoms with Crippen LogP contribution in [0, 0.1) is 11.8 Å². The zero-order valence-electron chi connectivity index (χ0n) is 5.55. The van der Waals surface area contributed by atoms with Gasteiger partial charge < -0.3 is 5.73 Å². The Morgan fingerprint density at radius 3 is 1.89 bits per heavy atom. The standard InChI is InChI=1S/C7H13N.ClH/c8-7-4-6(7)5-2-1-3-5;/h5-7H,1-4,8H2;1H/t6-,7+;/m0./s1. The monoisotopic (exact) mass is 147 g/mol. The minimum absolute atomic E-state index is 0. The molecule has 9 heavy (non-hydrogen) atoms. The van der Waals surface area contributed by atoms with Crippen LogP contribution in [0.1, 0.15) is 25.7 Å². The summed E-state index contributed by atoms with van der Waals surface area (Å²) in [4.78, 5) is 0. The van der Waals surface area contributed by atoms with Gasteiger partial charge in [-0.1, -0.05) is 19.3 Å². The van der Waals surface area contributed by atoms with Crippen LogP contribution in [-0.2, 0) is 0 Å². The third-order valence-electron chi connectivity index (χ3n) is 2.65. The summed E-state index contributed by atoms with van der Waals surface area (Å²) in [7, 11) is 0. The number of hydrogen-bond acceptors (Lipinski definition) is 1. The smallest absolute Gasteiger partial charge is 0.00737 e. The molecule has 0 bridgehead atoms. The Hall–Kier alpha value is 0.250. The summed E-state index contributed by atoms with van der Waals surface area (Å²) in [6.45, 7) is 0. The number of halogens is 1. The van der Waals surface area contributed by atoms with Crippen LogP contribution in [0.4, 0.5) is 0 Å². The van der Waals surface area contributed by atoms with Crippen LogP contribution in [0.3, 0.4) is 0 Å². The molecule has 54 valence electrons. The molecule has 0 aliphatic heterocycles. The first-order valence-corrected chi connectivity index (χ1v) is 3.63. The fourth-order valence-corrected chi connectivity index (χ4v) is 1.65. The van der Waals surface area contributed by atoms with Crippen LogP contribution in [0.2, 0.25) is 0 Å². The molecule has 2 atom stereocenters. The van der Waals surface area contributed by atoms with Gasteiger partial charge in [-0.2, -0.15) is 0 Å². The van der Waals surface area contributed by atoms with E-state index in [1.807, 2.05) is 0 Å². The summed E-state index contributed by atoms with van der Waals surface area (Å²) < 4.78 is 0. The van der Waals surface area contributed by atoms with Crippen molar-refractivity contribution in [3.63, 3.8) is 0 Å². The van der Waals surface area contributed by atoms with Crippen molar-refractivity contribution >= 4 is 12.4 Å². The van der Waals surface area contributed by atoms with Gasteiger partial charge >= 0.3 is 0 Å². The van der Waals surface area contributed by atoms with E-state index >= 15 is 0 Å². The van der Waals surface area contributed by atoms with Gasteiger partial charge in [-0.3, -0.25) is 0 Å². The Kier molecular flexibility index (Phi) is 2.02. The molecule has 0 aromatic rings. The van der Waals surface area contributed by atoms with Crippen molar-refractivity contribution in [2.45, 2.75) is 31.7 Å². The Balaban J connectivity index is 0.000000405. The van der Waals surface area contributed by atoms with Crippen molar-refractivity contribution in [3.05, 3.63) is 0 Å². The summed E-state index contributed by atoms with van der Waals surface area (Å²) in [6.07, 6.45) is 5.73. The molecule has 2 fully saturated rings. The highest BCUT2D eigenvalue weighted by Gasteiger charge is 2.42. The first-order chi connectivity index (χ1) is 3.88. The van der Waals surface area contributed by atoms with E-state index in [1.165, 1.54) is 25.7 Å². The van der Waals surface area contributed by atoms with Gasteiger partial charge in [0, 0.05) is 6.04 Å². The SMILES string of the molecule is Cl.N[C@@H]1C[C@H]1C1CCC1. The van der Waals surface area contributed by atoms with Gasteiger partial charge in [0.25, 0.3) is 0 Å². The maximum absolute atomic E-state index is 5.68. The Bertz CT molecular complexity index is 98.3. The third-order valence-corrected chi connectivity index (χ3v) is 2.65. The minimum Gasteiger partial charge on any atom is -0.327 e. The zero-order valence-corrected chi connectivity index (χ0v) is 6.36. The lowest BCUT2D eigenvalue weighted by Gasteiger charge is -2.24. The molecule has 2 aliphatic rings. The normalized spacial score (nSPS) is 41.0. The quantitative estimate of drug-likeness (QED) is 0.599. The zero-order chi connectivity index (χ0) is 5.56. The first-order valence-electron chi connectivity index (χ1n) is 3.63. The molecule has 0 saturated heterocycles. The lowest BCUT2D eigenvalue weighted by Crippen LogP contribution is -2.17. The molecule has 0 aromatic heterocycles. The van der Waals surface area contributed by atoms with Crippen molar-refractivity contribution in [3.8, 4) is 0 Å². The highest BCUT2D eigenvalue weighted by atomic mass is 35.5. The lowest BCUT2D eigenvalue weighted by molar-refractivity contribution is 0.273. The van der Waals surface area contributed by atoms with Crippen molar-refractivity contribution in [2.24, 2.45) is 17.6 Å². The number of hydrogen-bond donors (Lipinski definition) is 1. The van der Waals surface area contributed by atoms with Crippen LogP contribution < -0.4 is 5.73 Å². The first kappa shape index (κ1) is 7.36. The molecule has 2 aliphatic carbocycles. The van der Waals surface area contributed by atoms with Gasteiger partial charge in [-0.25, -0.2) is 0 Å². The van der Waals surface area contributed by atoms with Gasteiger partial charge in [-0.05, 0) is 18.3 Å². The molecule has 0 aromatic carbocycles. The summed E-state index contributed by atoms with van der Waals surface area (Å²) in [6, 6.07) is 0.597. The van der Waals surface area contributed by atoms with E-state index in [2.05, 4.69) is 0 Å². The van der Waals surface area contributed by atoms with E-state index < -0.39 is 0 Å².